The Balaban J connectivity index is 5.77. The van der Waals surface area contributed by atoms with Crippen LogP contribution in [0, 0.1) is 11.8 Å². The molecule has 0 aromatic carbocycles. The summed E-state index contributed by atoms with van der Waals surface area (Å²) in [4.78, 5) is 54.2. The van der Waals surface area contributed by atoms with E-state index in [1.807, 2.05) is 41.5 Å². The zero-order valence-electron chi connectivity index (χ0n) is 20.9. The van der Waals surface area contributed by atoms with Gasteiger partial charge >= 0.3 is 0 Å². The summed E-state index contributed by atoms with van der Waals surface area (Å²) in [5.41, 5.74) is 0. The lowest BCUT2D eigenvalue weighted by Crippen LogP contribution is -2.58. The fourth-order valence-corrected chi connectivity index (χ4v) is 3.54. The summed E-state index contributed by atoms with van der Waals surface area (Å²) in [6.07, 6.45) is 2.81. The van der Waals surface area contributed by atoms with Crippen molar-refractivity contribution in [2.45, 2.75) is 91.8 Å². The van der Waals surface area contributed by atoms with Crippen molar-refractivity contribution in [1.82, 2.24) is 20.4 Å². The van der Waals surface area contributed by atoms with Crippen LogP contribution in [-0.4, -0.2) is 72.7 Å². The first-order valence-electron chi connectivity index (χ1n) is 11.5. The van der Waals surface area contributed by atoms with Crippen molar-refractivity contribution in [2.75, 3.05) is 21.1 Å². The van der Waals surface area contributed by atoms with Crippen LogP contribution < -0.4 is 10.6 Å². The quantitative estimate of drug-likeness (QED) is 0.458. The van der Waals surface area contributed by atoms with E-state index in [9.17, 15) is 19.2 Å². The monoisotopic (exact) mass is 440 g/mol. The van der Waals surface area contributed by atoms with Gasteiger partial charge in [-0.1, -0.05) is 48.0 Å². The fourth-order valence-electron chi connectivity index (χ4n) is 3.54. The van der Waals surface area contributed by atoms with Crippen LogP contribution in [0.1, 0.15) is 73.6 Å². The van der Waals surface area contributed by atoms with Gasteiger partial charge in [-0.2, -0.15) is 0 Å². The van der Waals surface area contributed by atoms with Gasteiger partial charge in [-0.3, -0.25) is 19.2 Å². The van der Waals surface area contributed by atoms with Gasteiger partial charge in [-0.25, -0.2) is 0 Å². The molecule has 3 atom stereocenters. The zero-order chi connectivity index (χ0) is 24.3. The number of carbonyl (C=O) groups is 4. The molecule has 0 spiro atoms. The minimum Gasteiger partial charge on any atom is -0.357 e. The highest BCUT2D eigenvalue weighted by Gasteiger charge is 2.36. The molecule has 0 aliphatic heterocycles. The van der Waals surface area contributed by atoms with Gasteiger partial charge in [0.1, 0.15) is 18.1 Å². The van der Waals surface area contributed by atoms with Crippen molar-refractivity contribution >= 4 is 23.6 Å². The van der Waals surface area contributed by atoms with Crippen molar-refractivity contribution in [3.8, 4) is 0 Å². The molecular weight excluding hydrogens is 396 g/mol. The summed E-state index contributed by atoms with van der Waals surface area (Å²) in [7, 11) is 4.80. The summed E-state index contributed by atoms with van der Waals surface area (Å²) >= 11 is 0. The van der Waals surface area contributed by atoms with E-state index in [1.54, 1.807) is 14.1 Å². The number of nitrogens with zero attached hydrogens (tertiary/aromatic N) is 2. The van der Waals surface area contributed by atoms with Gasteiger partial charge in [0, 0.05) is 27.6 Å². The summed E-state index contributed by atoms with van der Waals surface area (Å²) < 4.78 is 0. The Morgan fingerprint density at radius 3 is 1.84 bits per heavy atom. The van der Waals surface area contributed by atoms with Crippen LogP contribution in [0.5, 0.6) is 0 Å². The Morgan fingerprint density at radius 1 is 0.839 bits per heavy atom. The Hall–Kier alpha value is -2.12. The Morgan fingerprint density at radius 2 is 1.42 bits per heavy atom. The van der Waals surface area contributed by atoms with Crippen LogP contribution in [0.3, 0.4) is 0 Å². The van der Waals surface area contributed by atoms with Crippen LogP contribution in [0.4, 0.5) is 0 Å². The molecule has 2 N–H and O–H groups in total. The van der Waals surface area contributed by atoms with Crippen molar-refractivity contribution in [1.29, 1.82) is 0 Å². The summed E-state index contributed by atoms with van der Waals surface area (Å²) in [5, 5.41) is 5.41. The smallest absolute Gasteiger partial charge is 0.245 e. The molecule has 0 radical (unpaired) electrons. The maximum absolute atomic E-state index is 13.4. The average Bonchev–Trinajstić information content (AvgIpc) is 2.71. The number of carbonyl (C=O) groups excluding carboxylic acids is 4. The van der Waals surface area contributed by atoms with Gasteiger partial charge in [0.25, 0.3) is 0 Å². The van der Waals surface area contributed by atoms with Crippen molar-refractivity contribution in [3.63, 3.8) is 0 Å². The molecule has 0 aliphatic carbocycles. The topological polar surface area (TPSA) is 98.8 Å². The molecule has 180 valence electrons. The number of hydrogen-bond acceptors (Lipinski definition) is 4. The van der Waals surface area contributed by atoms with Gasteiger partial charge < -0.3 is 20.4 Å². The lowest BCUT2D eigenvalue weighted by molar-refractivity contribution is -0.148. The number of amides is 4. The molecule has 0 heterocycles. The molecule has 31 heavy (non-hydrogen) atoms. The van der Waals surface area contributed by atoms with Crippen LogP contribution in [0.15, 0.2) is 0 Å². The van der Waals surface area contributed by atoms with Gasteiger partial charge in [-0.15, -0.1) is 0 Å². The lowest BCUT2D eigenvalue weighted by Gasteiger charge is -2.35. The number of nitrogens with one attached hydrogen (secondary N) is 2. The van der Waals surface area contributed by atoms with Crippen molar-refractivity contribution < 1.29 is 19.2 Å². The van der Waals surface area contributed by atoms with E-state index >= 15 is 0 Å². The largest absolute Gasteiger partial charge is 0.357 e. The van der Waals surface area contributed by atoms with E-state index in [2.05, 4.69) is 10.6 Å². The second-order valence-electron chi connectivity index (χ2n) is 9.00. The average molecular weight is 441 g/mol. The SMILES string of the molecule is CCCC(=O)N(C)[C@H](CCC)C(=O)N(C)[C@@H](CC(C)C)C(=O)N[C@H](C(=O)NC)C(C)C. The molecule has 0 aromatic rings. The number of hydrogen-bond donors (Lipinski definition) is 2. The first kappa shape index (κ1) is 28.9. The Kier molecular flexibility index (Phi) is 13.1. The van der Waals surface area contributed by atoms with Crippen LogP contribution in [0.25, 0.3) is 0 Å². The van der Waals surface area contributed by atoms with E-state index in [-0.39, 0.29) is 35.5 Å². The second kappa shape index (κ2) is 14.0. The minimum atomic E-state index is -0.729. The zero-order valence-corrected chi connectivity index (χ0v) is 20.9. The minimum absolute atomic E-state index is 0.0768. The van der Waals surface area contributed by atoms with Gasteiger partial charge in [0.2, 0.25) is 23.6 Å². The molecule has 0 saturated carbocycles. The molecule has 0 bridgehead atoms. The van der Waals surface area contributed by atoms with E-state index in [4.69, 9.17) is 0 Å². The highest BCUT2D eigenvalue weighted by molar-refractivity contribution is 5.94. The third-order valence-electron chi connectivity index (χ3n) is 5.48. The Bertz CT molecular complexity index is 606. The van der Waals surface area contributed by atoms with E-state index in [1.165, 1.54) is 16.8 Å². The molecule has 0 aliphatic rings. The predicted molar refractivity (Wildman–Crippen MR) is 123 cm³/mol. The molecule has 0 aromatic heterocycles. The maximum Gasteiger partial charge on any atom is 0.245 e. The normalized spacial score (nSPS) is 14.0. The molecule has 4 amide bonds. The molecule has 8 heteroatoms. The second-order valence-corrected chi connectivity index (χ2v) is 9.00. The fraction of sp³-hybridized carbons (Fsp3) is 0.826. The predicted octanol–water partition coefficient (Wildman–Crippen LogP) is 2.17. The van der Waals surface area contributed by atoms with Gasteiger partial charge in [0.15, 0.2) is 0 Å². The lowest BCUT2D eigenvalue weighted by atomic mass is 9.98. The van der Waals surface area contributed by atoms with Crippen LogP contribution >= 0.6 is 0 Å². The Labute approximate surface area is 188 Å². The molecule has 0 unspecified atom stereocenters. The molecule has 0 fully saturated rings. The first-order chi connectivity index (χ1) is 14.4. The summed E-state index contributed by atoms with van der Waals surface area (Å²) in [6, 6.07) is -2.03. The molecule has 8 nitrogen and oxygen atoms in total. The highest BCUT2D eigenvalue weighted by atomic mass is 16.2. The van der Waals surface area contributed by atoms with Crippen molar-refractivity contribution in [3.05, 3.63) is 0 Å². The van der Waals surface area contributed by atoms with E-state index < -0.39 is 18.1 Å². The maximum atomic E-state index is 13.4. The van der Waals surface area contributed by atoms with E-state index in [0.29, 0.717) is 25.7 Å². The molecule has 0 rings (SSSR count). The number of likely N-dealkylation sites (N-methyl/N-ethyl adjacent to an activating group) is 3. The summed E-state index contributed by atoms with van der Waals surface area (Å²) in [5.74, 6) is -0.899. The van der Waals surface area contributed by atoms with Crippen LogP contribution in [0.2, 0.25) is 0 Å². The highest BCUT2D eigenvalue weighted by Crippen LogP contribution is 2.17. The first-order valence-corrected chi connectivity index (χ1v) is 11.5. The molecular formula is C23H44N4O4. The third kappa shape index (κ3) is 8.87. The third-order valence-corrected chi connectivity index (χ3v) is 5.48. The standard InChI is InChI=1S/C23H44N4O4/c1-10-12-17(26(8)19(28)13-11-2)23(31)27(9)18(14-15(3)4)21(29)25-20(16(5)6)22(30)24-7/h15-18,20H,10-14H2,1-9H3,(H,24,30)(H,25,29)/t17-,18+,20+/m1/s1. The van der Waals surface area contributed by atoms with Gasteiger partial charge in [-0.05, 0) is 31.1 Å². The number of rotatable bonds is 13. The van der Waals surface area contributed by atoms with Crippen molar-refractivity contribution in [2.24, 2.45) is 11.8 Å². The summed E-state index contributed by atoms with van der Waals surface area (Å²) in [6.45, 7) is 11.6. The van der Waals surface area contributed by atoms with Crippen LogP contribution in [-0.2, 0) is 19.2 Å². The van der Waals surface area contributed by atoms with Gasteiger partial charge in [0.05, 0.1) is 0 Å². The van der Waals surface area contributed by atoms with E-state index in [0.717, 1.165) is 6.42 Å². The molecule has 0 saturated heterocycles.